The van der Waals surface area contributed by atoms with Gasteiger partial charge in [-0.15, -0.1) is 11.6 Å². The van der Waals surface area contributed by atoms with Crippen molar-refractivity contribution in [1.29, 1.82) is 0 Å². The van der Waals surface area contributed by atoms with Gasteiger partial charge in [0.15, 0.2) is 5.76 Å². The second-order valence-electron chi connectivity index (χ2n) is 5.25. The molecule has 0 aliphatic rings. The lowest BCUT2D eigenvalue weighted by atomic mass is 10.1. The Morgan fingerprint density at radius 1 is 1.30 bits per heavy atom. The Bertz CT molecular complexity index is 624. The van der Waals surface area contributed by atoms with E-state index in [4.69, 9.17) is 20.8 Å². The lowest BCUT2D eigenvalue weighted by Crippen LogP contribution is -2.25. The van der Waals surface area contributed by atoms with Gasteiger partial charge < -0.3 is 14.5 Å². The van der Waals surface area contributed by atoms with Gasteiger partial charge in [-0.25, -0.2) is 0 Å². The van der Waals surface area contributed by atoms with E-state index >= 15 is 0 Å². The molecule has 0 aliphatic heterocycles. The zero-order valence-corrected chi connectivity index (χ0v) is 14.1. The number of hydrogen-bond acceptors (Lipinski definition) is 3. The minimum absolute atomic E-state index is 0.225. The van der Waals surface area contributed by atoms with Crippen molar-refractivity contribution in [3.05, 3.63) is 53.5 Å². The molecule has 1 aromatic heterocycles. The van der Waals surface area contributed by atoms with E-state index in [0.29, 0.717) is 12.3 Å². The van der Waals surface area contributed by atoms with E-state index in [-0.39, 0.29) is 17.5 Å². The molecule has 0 bridgehead atoms. The van der Waals surface area contributed by atoms with Crippen molar-refractivity contribution in [2.24, 2.45) is 0 Å². The molecule has 0 saturated carbocycles. The maximum atomic E-state index is 11.9. The summed E-state index contributed by atoms with van der Waals surface area (Å²) in [7, 11) is 0. The molecule has 2 aromatic rings. The number of hydrogen-bond donors (Lipinski definition) is 1. The molecule has 5 heteroatoms. The van der Waals surface area contributed by atoms with Crippen LogP contribution in [0, 0.1) is 0 Å². The fourth-order valence-electron chi connectivity index (χ4n) is 2.10. The number of unbranched alkanes of at least 4 members (excludes halogenated alkanes) is 1. The van der Waals surface area contributed by atoms with Crippen LogP contribution in [0.5, 0.6) is 5.75 Å². The highest BCUT2D eigenvalue weighted by Gasteiger charge is 2.10. The molecule has 0 unspecified atom stereocenters. The van der Waals surface area contributed by atoms with Crippen LogP contribution in [0.4, 0.5) is 0 Å². The first-order valence-corrected chi connectivity index (χ1v) is 8.41. The van der Waals surface area contributed by atoms with E-state index in [9.17, 15) is 4.79 Å². The van der Waals surface area contributed by atoms with E-state index in [1.807, 2.05) is 24.3 Å². The lowest BCUT2D eigenvalue weighted by molar-refractivity contribution is 0.0925. The van der Waals surface area contributed by atoms with Crippen LogP contribution in [0.3, 0.4) is 0 Å². The van der Waals surface area contributed by atoms with Crippen LogP contribution in [-0.4, -0.2) is 19.1 Å². The Morgan fingerprint density at radius 2 is 2.17 bits per heavy atom. The highest BCUT2D eigenvalue weighted by atomic mass is 35.5. The van der Waals surface area contributed by atoms with Crippen LogP contribution in [0.15, 0.2) is 40.8 Å². The molecular formula is C18H22ClNO3. The monoisotopic (exact) mass is 335 g/mol. The smallest absolute Gasteiger partial charge is 0.287 e. The minimum atomic E-state index is -0.225. The summed E-state index contributed by atoms with van der Waals surface area (Å²) >= 11 is 5.65. The molecule has 0 atom stereocenters. The third-order valence-electron chi connectivity index (χ3n) is 3.38. The number of benzene rings is 1. The van der Waals surface area contributed by atoms with Gasteiger partial charge >= 0.3 is 0 Å². The van der Waals surface area contributed by atoms with Crippen molar-refractivity contribution in [1.82, 2.24) is 5.32 Å². The number of amides is 1. The fraction of sp³-hybridized carbons (Fsp3) is 0.389. The normalized spacial score (nSPS) is 10.5. The quantitative estimate of drug-likeness (QED) is 0.552. The average Bonchev–Trinajstić information content (AvgIpc) is 3.05. The second kappa shape index (κ2) is 9.26. The molecule has 1 aromatic carbocycles. The van der Waals surface area contributed by atoms with Crippen molar-refractivity contribution in [3.8, 4) is 5.75 Å². The molecule has 0 saturated heterocycles. The molecule has 23 heavy (non-hydrogen) atoms. The summed E-state index contributed by atoms with van der Waals surface area (Å²) in [6, 6.07) is 11.3. The maximum Gasteiger partial charge on any atom is 0.287 e. The summed E-state index contributed by atoms with van der Waals surface area (Å²) in [5, 5.41) is 2.84. The number of ether oxygens (including phenoxy) is 1. The molecule has 1 heterocycles. The van der Waals surface area contributed by atoms with Crippen molar-refractivity contribution >= 4 is 17.5 Å². The van der Waals surface area contributed by atoms with Crippen molar-refractivity contribution in [2.45, 2.75) is 32.1 Å². The van der Waals surface area contributed by atoms with Crippen LogP contribution in [0.2, 0.25) is 0 Å². The SMILES string of the molecule is CCCCOc1cccc(CCNC(=O)c2ccc(CCl)o2)c1. The first kappa shape index (κ1) is 17.4. The van der Waals surface area contributed by atoms with Crippen LogP contribution in [-0.2, 0) is 12.3 Å². The number of furan rings is 1. The first-order chi connectivity index (χ1) is 11.2. The Labute approximate surface area is 141 Å². The van der Waals surface area contributed by atoms with Crippen LogP contribution < -0.4 is 10.1 Å². The van der Waals surface area contributed by atoms with E-state index in [2.05, 4.69) is 12.2 Å². The van der Waals surface area contributed by atoms with Gasteiger partial charge in [0.25, 0.3) is 5.91 Å². The fourth-order valence-corrected chi connectivity index (χ4v) is 2.25. The maximum absolute atomic E-state index is 11.9. The number of rotatable bonds is 9. The molecule has 124 valence electrons. The number of nitrogens with one attached hydrogen (secondary N) is 1. The zero-order valence-electron chi connectivity index (χ0n) is 13.3. The number of carbonyl (C=O) groups excluding carboxylic acids is 1. The average molecular weight is 336 g/mol. The molecular weight excluding hydrogens is 314 g/mol. The largest absolute Gasteiger partial charge is 0.494 e. The molecule has 0 aliphatic carbocycles. The van der Waals surface area contributed by atoms with Gasteiger partial charge in [-0.05, 0) is 42.7 Å². The van der Waals surface area contributed by atoms with Gasteiger partial charge in [0.05, 0.1) is 12.5 Å². The third-order valence-corrected chi connectivity index (χ3v) is 3.64. The lowest BCUT2D eigenvalue weighted by Gasteiger charge is -2.08. The van der Waals surface area contributed by atoms with Crippen LogP contribution in [0.1, 0.15) is 41.6 Å². The molecule has 0 radical (unpaired) electrons. The Balaban J connectivity index is 1.79. The van der Waals surface area contributed by atoms with Crippen molar-refractivity contribution in [3.63, 3.8) is 0 Å². The Hall–Kier alpha value is -1.94. The van der Waals surface area contributed by atoms with Gasteiger partial charge in [0.2, 0.25) is 0 Å². The van der Waals surface area contributed by atoms with E-state index in [0.717, 1.165) is 37.2 Å². The summed E-state index contributed by atoms with van der Waals surface area (Å²) < 4.78 is 11.0. The Morgan fingerprint density at radius 3 is 2.91 bits per heavy atom. The number of alkyl halides is 1. The molecule has 4 nitrogen and oxygen atoms in total. The van der Waals surface area contributed by atoms with Crippen LogP contribution in [0.25, 0.3) is 0 Å². The highest BCUT2D eigenvalue weighted by Crippen LogP contribution is 2.14. The Kier molecular flexibility index (Phi) is 7.01. The highest BCUT2D eigenvalue weighted by molar-refractivity contribution is 6.16. The van der Waals surface area contributed by atoms with Crippen LogP contribution >= 0.6 is 11.6 Å². The summed E-state index contributed by atoms with van der Waals surface area (Å²) in [6.45, 7) is 3.41. The van der Waals surface area contributed by atoms with Crippen molar-refractivity contribution in [2.75, 3.05) is 13.2 Å². The molecule has 0 spiro atoms. The topological polar surface area (TPSA) is 51.5 Å². The summed E-state index contributed by atoms with van der Waals surface area (Å²) in [4.78, 5) is 11.9. The number of carbonyl (C=O) groups is 1. The minimum Gasteiger partial charge on any atom is -0.494 e. The predicted molar refractivity (Wildman–Crippen MR) is 91.1 cm³/mol. The molecule has 1 amide bonds. The molecule has 0 fully saturated rings. The van der Waals surface area contributed by atoms with Gasteiger partial charge in [0.1, 0.15) is 11.5 Å². The summed E-state index contributed by atoms with van der Waals surface area (Å²) in [5.41, 5.74) is 1.13. The predicted octanol–water partition coefficient (Wildman–Crippen LogP) is 4.17. The molecule has 2 rings (SSSR count). The van der Waals surface area contributed by atoms with E-state index in [1.165, 1.54) is 0 Å². The number of halogens is 1. The van der Waals surface area contributed by atoms with Gasteiger partial charge in [-0.2, -0.15) is 0 Å². The van der Waals surface area contributed by atoms with Crippen molar-refractivity contribution < 1.29 is 13.9 Å². The van der Waals surface area contributed by atoms with E-state index in [1.54, 1.807) is 12.1 Å². The second-order valence-corrected chi connectivity index (χ2v) is 5.52. The van der Waals surface area contributed by atoms with Gasteiger partial charge in [-0.3, -0.25) is 4.79 Å². The van der Waals surface area contributed by atoms with Gasteiger partial charge in [-0.1, -0.05) is 25.5 Å². The molecule has 1 N–H and O–H groups in total. The van der Waals surface area contributed by atoms with E-state index < -0.39 is 0 Å². The standard InChI is InChI=1S/C18H22ClNO3/c1-2-3-11-22-15-6-4-5-14(12-15)9-10-20-18(21)17-8-7-16(13-19)23-17/h4-8,12H,2-3,9-11,13H2,1H3,(H,20,21). The zero-order chi connectivity index (χ0) is 16.5. The summed E-state index contributed by atoms with van der Waals surface area (Å²) in [5.74, 6) is 1.79. The third kappa shape index (κ3) is 5.64. The van der Waals surface area contributed by atoms with Gasteiger partial charge in [0, 0.05) is 6.54 Å². The first-order valence-electron chi connectivity index (χ1n) is 7.87. The summed E-state index contributed by atoms with van der Waals surface area (Å²) in [6.07, 6.45) is 2.90.